The molecule has 0 spiro atoms. The second-order valence-corrected chi connectivity index (χ2v) is 5.03. The van der Waals surface area contributed by atoms with Crippen LogP contribution in [-0.4, -0.2) is 8.42 Å². The number of rotatable bonds is 1. The van der Waals surface area contributed by atoms with E-state index in [1.165, 1.54) is 6.07 Å². The highest BCUT2D eigenvalue weighted by molar-refractivity contribution is 7.89. The van der Waals surface area contributed by atoms with Gasteiger partial charge in [-0.25, -0.2) is 13.6 Å². The molecule has 0 amide bonds. The van der Waals surface area contributed by atoms with Crippen molar-refractivity contribution < 1.29 is 8.42 Å². The van der Waals surface area contributed by atoms with E-state index in [4.69, 9.17) is 16.7 Å². The van der Waals surface area contributed by atoms with Crippen molar-refractivity contribution >= 4 is 26.7 Å². The van der Waals surface area contributed by atoms with Crippen molar-refractivity contribution in [3.63, 3.8) is 0 Å². The predicted molar refractivity (Wildman–Crippen MR) is 55.3 cm³/mol. The lowest BCUT2D eigenvalue weighted by Crippen LogP contribution is -2.14. The van der Waals surface area contributed by atoms with Gasteiger partial charge < -0.3 is 0 Å². The van der Waals surface area contributed by atoms with E-state index < -0.39 is 10.0 Å². The molecule has 1 aliphatic rings. The predicted octanol–water partition coefficient (Wildman–Crippen LogP) is 1.47. The first-order valence-electron chi connectivity index (χ1n) is 4.01. The summed E-state index contributed by atoms with van der Waals surface area (Å²) in [6.45, 7) is 0. The Morgan fingerprint density at radius 3 is 2.71 bits per heavy atom. The summed E-state index contributed by atoms with van der Waals surface area (Å²) in [7, 11) is -3.69. The number of nitrogens with two attached hydrogens (primary N) is 1. The fraction of sp³-hybridized carbons (Fsp3) is 0.111. The average molecular weight is 230 g/mol. The number of fused-ring (bicyclic) bond motifs is 1. The van der Waals surface area contributed by atoms with Crippen LogP contribution >= 0.6 is 11.6 Å². The molecule has 0 saturated heterocycles. The summed E-state index contributed by atoms with van der Waals surface area (Å²) < 4.78 is 22.5. The molecule has 0 heterocycles. The summed E-state index contributed by atoms with van der Waals surface area (Å²) in [5.41, 5.74) is 1.46. The molecular formula is C9H8ClNO2S. The van der Waals surface area contributed by atoms with Gasteiger partial charge >= 0.3 is 0 Å². The molecule has 0 fully saturated rings. The molecule has 2 N–H and O–H groups in total. The van der Waals surface area contributed by atoms with Crippen LogP contribution in [0.3, 0.4) is 0 Å². The Hall–Kier alpha value is -0.840. The molecule has 1 aliphatic carbocycles. The van der Waals surface area contributed by atoms with Crippen LogP contribution in [0.1, 0.15) is 11.1 Å². The number of benzene rings is 1. The van der Waals surface area contributed by atoms with E-state index in [0.29, 0.717) is 17.0 Å². The second kappa shape index (κ2) is 3.08. The number of halogens is 1. The van der Waals surface area contributed by atoms with Gasteiger partial charge in [-0.15, -0.1) is 0 Å². The van der Waals surface area contributed by atoms with Crippen LogP contribution in [0.4, 0.5) is 0 Å². The summed E-state index contributed by atoms with van der Waals surface area (Å²) >= 11 is 5.90. The van der Waals surface area contributed by atoms with Gasteiger partial charge in [-0.1, -0.05) is 29.8 Å². The molecule has 1 aromatic rings. The number of allylic oxidation sites excluding steroid dienone is 1. The maximum Gasteiger partial charge on any atom is 0.238 e. The first-order chi connectivity index (χ1) is 6.50. The fourth-order valence-electron chi connectivity index (χ4n) is 1.56. The third-order valence-electron chi connectivity index (χ3n) is 2.16. The van der Waals surface area contributed by atoms with Gasteiger partial charge in [0, 0.05) is 10.6 Å². The van der Waals surface area contributed by atoms with Gasteiger partial charge in [0.15, 0.2) is 0 Å². The molecule has 1 aromatic carbocycles. The lowest BCUT2D eigenvalue weighted by Gasteiger charge is -2.06. The minimum atomic E-state index is -3.69. The van der Waals surface area contributed by atoms with Crippen molar-refractivity contribution in [1.82, 2.24) is 0 Å². The van der Waals surface area contributed by atoms with Crippen molar-refractivity contribution in [3.05, 3.63) is 35.4 Å². The quantitative estimate of drug-likeness (QED) is 0.793. The van der Waals surface area contributed by atoms with Crippen molar-refractivity contribution in [2.45, 2.75) is 11.3 Å². The largest absolute Gasteiger partial charge is 0.238 e. The smallest absolute Gasteiger partial charge is 0.225 e. The van der Waals surface area contributed by atoms with E-state index in [1.54, 1.807) is 12.1 Å². The Kier molecular flexibility index (Phi) is 2.14. The number of primary sulfonamides is 1. The SMILES string of the molecule is NS(=O)(=O)c1cccc2c1C(Cl)=CC2. The van der Waals surface area contributed by atoms with Gasteiger partial charge in [0.1, 0.15) is 0 Å². The highest BCUT2D eigenvalue weighted by Gasteiger charge is 2.21. The van der Waals surface area contributed by atoms with E-state index in [-0.39, 0.29) is 4.90 Å². The topological polar surface area (TPSA) is 60.2 Å². The molecule has 14 heavy (non-hydrogen) atoms. The van der Waals surface area contributed by atoms with Crippen LogP contribution in [-0.2, 0) is 16.4 Å². The number of hydrogen-bond donors (Lipinski definition) is 1. The Labute approximate surface area is 87.2 Å². The van der Waals surface area contributed by atoms with Crippen LogP contribution in [0.2, 0.25) is 0 Å². The van der Waals surface area contributed by atoms with Crippen LogP contribution in [0.15, 0.2) is 29.2 Å². The van der Waals surface area contributed by atoms with Crippen LogP contribution in [0, 0.1) is 0 Å². The maximum absolute atomic E-state index is 11.2. The van der Waals surface area contributed by atoms with Crippen LogP contribution in [0.25, 0.3) is 5.03 Å². The molecule has 0 saturated carbocycles. The van der Waals surface area contributed by atoms with Gasteiger partial charge in [0.25, 0.3) is 0 Å². The zero-order valence-electron chi connectivity index (χ0n) is 7.20. The van der Waals surface area contributed by atoms with E-state index >= 15 is 0 Å². The lowest BCUT2D eigenvalue weighted by atomic mass is 10.1. The zero-order valence-corrected chi connectivity index (χ0v) is 8.77. The fourth-order valence-corrected chi connectivity index (χ4v) is 2.71. The molecule has 0 radical (unpaired) electrons. The highest BCUT2D eigenvalue weighted by atomic mass is 35.5. The third-order valence-corrected chi connectivity index (χ3v) is 3.46. The normalized spacial score (nSPS) is 15.1. The average Bonchev–Trinajstić information content (AvgIpc) is 2.46. The molecule has 74 valence electrons. The monoisotopic (exact) mass is 229 g/mol. The van der Waals surface area contributed by atoms with Crippen LogP contribution < -0.4 is 5.14 Å². The minimum absolute atomic E-state index is 0.105. The van der Waals surface area contributed by atoms with E-state index in [9.17, 15) is 8.42 Å². The van der Waals surface area contributed by atoms with Gasteiger partial charge in [-0.3, -0.25) is 0 Å². The third kappa shape index (κ3) is 1.45. The minimum Gasteiger partial charge on any atom is -0.225 e. The highest BCUT2D eigenvalue weighted by Crippen LogP contribution is 2.34. The molecule has 2 rings (SSSR count). The molecular weight excluding hydrogens is 222 g/mol. The first-order valence-corrected chi connectivity index (χ1v) is 5.93. The molecule has 5 heteroatoms. The van der Waals surface area contributed by atoms with Gasteiger partial charge in [0.2, 0.25) is 10.0 Å². The first kappa shape index (κ1) is 9.71. The van der Waals surface area contributed by atoms with Gasteiger partial charge in [-0.2, -0.15) is 0 Å². The zero-order chi connectivity index (χ0) is 10.3. The number of hydrogen-bond acceptors (Lipinski definition) is 2. The molecule has 3 nitrogen and oxygen atoms in total. The Morgan fingerprint density at radius 2 is 2.07 bits per heavy atom. The number of sulfonamides is 1. The molecule has 0 aromatic heterocycles. The molecule has 0 aliphatic heterocycles. The summed E-state index contributed by atoms with van der Waals surface area (Å²) in [6, 6.07) is 4.98. The van der Waals surface area contributed by atoms with Crippen molar-refractivity contribution in [1.29, 1.82) is 0 Å². The summed E-state index contributed by atoms with van der Waals surface area (Å²) in [4.78, 5) is 0.105. The Bertz CT molecular complexity index is 520. The van der Waals surface area contributed by atoms with Crippen molar-refractivity contribution in [2.24, 2.45) is 5.14 Å². The summed E-state index contributed by atoms with van der Waals surface area (Å²) in [6.07, 6.45) is 2.44. The molecule has 0 atom stereocenters. The van der Waals surface area contributed by atoms with E-state index in [2.05, 4.69) is 0 Å². The summed E-state index contributed by atoms with van der Waals surface area (Å²) in [5, 5.41) is 5.54. The Morgan fingerprint density at radius 1 is 1.36 bits per heavy atom. The maximum atomic E-state index is 11.2. The van der Waals surface area contributed by atoms with E-state index in [1.807, 2.05) is 6.07 Å². The van der Waals surface area contributed by atoms with E-state index in [0.717, 1.165) is 5.56 Å². The van der Waals surface area contributed by atoms with Crippen molar-refractivity contribution in [3.8, 4) is 0 Å². The summed E-state index contributed by atoms with van der Waals surface area (Å²) in [5.74, 6) is 0. The standard InChI is InChI=1S/C9H8ClNO2S/c10-7-5-4-6-2-1-3-8(9(6)7)14(11,12)13/h1-3,5H,4H2,(H2,11,12,13). The van der Waals surface area contributed by atoms with Crippen molar-refractivity contribution in [2.75, 3.05) is 0 Å². The Balaban J connectivity index is 2.77. The van der Waals surface area contributed by atoms with Gasteiger partial charge in [-0.05, 0) is 18.1 Å². The second-order valence-electron chi connectivity index (χ2n) is 3.09. The van der Waals surface area contributed by atoms with Crippen LogP contribution in [0.5, 0.6) is 0 Å². The molecule has 0 bridgehead atoms. The van der Waals surface area contributed by atoms with Gasteiger partial charge in [0.05, 0.1) is 4.90 Å². The molecule has 0 unspecified atom stereocenters. The lowest BCUT2D eigenvalue weighted by molar-refractivity contribution is 0.597.